The average Bonchev–Trinajstić information content (AvgIpc) is 1.56. The van der Waals surface area contributed by atoms with E-state index < -0.39 is 0 Å². The molecule has 13 aromatic rings. The Kier molecular flexibility index (Phi) is 20.6. The summed E-state index contributed by atoms with van der Waals surface area (Å²) >= 11 is 0. The lowest BCUT2D eigenvalue weighted by Crippen LogP contribution is -2.46. The predicted molar refractivity (Wildman–Crippen MR) is 397 cm³/mol. The molecule has 1 saturated heterocycles. The summed E-state index contributed by atoms with van der Waals surface area (Å²) in [5.41, 5.74) is 18.0. The topological polar surface area (TPSA) is 236 Å². The number of nitrogens with one attached hydrogen (secondary N) is 6. The Labute approximate surface area is 578 Å². The fourth-order valence-corrected chi connectivity index (χ4v) is 13.3. The predicted octanol–water partition coefficient (Wildman–Crippen LogP) is 14.9. The number of carbonyl (C=O) groups excluding carboxylic acids is 3. The third-order valence-electron chi connectivity index (χ3n) is 18.6. The molecular formula is C80H79N15O5. The molecule has 1 aliphatic heterocycles. The number of nitrogens with zero attached hydrogens (tertiary/aromatic N) is 9. The Bertz CT molecular complexity index is 5080. The molecule has 10 heterocycles. The number of Topliss-reactive ketones (excluding diaryl/α,β-unsaturated/α-hetero) is 2. The minimum atomic E-state index is -0.160. The Morgan fingerprint density at radius 1 is 0.520 bits per heavy atom. The second kappa shape index (κ2) is 31.0. The van der Waals surface area contributed by atoms with E-state index in [0.29, 0.717) is 30.2 Å². The van der Waals surface area contributed by atoms with Gasteiger partial charge in [0.15, 0.2) is 22.7 Å². The highest BCUT2D eigenvalue weighted by Crippen LogP contribution is 2.38. The standard InChI is InChI=1S/C28H31N5O.C27H28N4O2.C25H20N6O2/c1-3-15-31-17-19-32(20-18-31)25-10-8-24(9-11-25)30-26-12-13-27(33-16-14-29-28(26)33)23-6-4-22(5-7-23)21(2)34;1-2-25(32)20-5-3-18(4-6-20)19-7-9-22(10-8-19)30-23-11-12-24(31-16-15-29-27(23)31)21-13-14-28-26(33)17-21;32-23-14-19(9-11-27-23)22-8-7-21(24-28-12-13-31(22)24)30-20-5-3-18(4-6-20)25(33)29-16-17-2-1-10-26-15-17/h4-14,16,30H,3,15,17-20H2,1-2H3;7-18,20,30H,2-6H2,1H3,(H,28,33);1-15,30H,16H2,(H,27,32)(H,29,33). The van der Waals surface area contributed by atoms with E-state index in [1.165, 1.54) is 24.2 Å². The van der Waals surface area contributed by atoms with Crippen molar-refractivity contribution >= 4 is 74.2 Å². The lowest BCUT2D eigenvalue weighted by atomic mass is 9.77. The molecule has 0 unspecified atom stereocenters. The first kappa shape index (κ1) is 66.6. The van der Waals surface area contributed by atoms with E-state index in [4.69, 9.17) is 0 Å². The molecule has 1 amide bonds. The van der Waals surface area contributed by atoms with Crippen LogP contribution in [0.1, 0.15) is 97.1 Å². The number of piperazine rings is 1. The number of aromatic amines is 2. The summed E-state index contributed by atoms with van der Waals surface area (Å²) in [4.78, 5) is 87.4. The molecule has 504 valence electrons. The van der Waals surface area contributed by atoms with Gasteiger partial charge in [0.05, 0.1) is 34.1 Å². The first-order chi connectivity index (χ1) is 48.9. The van der Waals surface area contributed by atoms with Crippen molar-refractivity contribution < 1.29 is 14.4 Å². The number of benzene rings is 4. The van der Waals surface area contributed by atoms with Gasteiger partial charge in [-0.1, -0.05) is 56.3 Å². The van der Waals surface area contributed by atoms with E-state index in [1.54, 1.807) is 68.4 Å². The molecule has 9 aromatic heterocycles. The number of fused-ring (bicyclic) bond motifs is 3. The highest BCUT2D eigenvalue weighted by molar-refractivity contribution is 5.95. The molecule has 0 atom stereocenters. The molecule has 0 spiro atoms. The number of hydrogen-bond donors (Lipinski definition) is 6. The van der Waals surface area contributed by atoms with Crippen LogP contribution < -0.4 is 37.3 Å². The molecule has 20 nitrogen and oxygen atoms in total. The maximum absolute atomic E-state index is 12.4. The average molecular weight is 1330 g/mol. The van der Waals surface area contributed by atoms with Crippen molar-refractivity contribution in [3.05, 3.63) is 275 Å². The molecule has 4 aromatic carbocycles. The number of ketones is 2. The van der Waals surface area contributed by atoms with Crippen molar-refractivity contribution in [2.75, 3.05) is 53.6 Å². The molecule has 1 aliphatic carbocycles. The number of pyridine rings is 6. The summed E-state index contributed by atoms with van der Waals surface area (Å²) < 4.78 is 5.99. The maximum Gasteiger partial charge on any atom is 0.251 e. The molecule has 2 aliphatic rings. The van der Waals surface area contributed by atoms with Crippen molar-refractivity contribution in [1.29, 1.82) is 0 Å². The minimum Gasteiger partial charge on any atom is -0.369 e. The molecule has 1 saturated carbocycles. The van der Waals surface area contributed by atoms with Crippen LogP contribution in [-0.2, 0) is 11.3 Å². The summed E-state index contributed by atoms with van der Waals surface area (Å²) in [6.45, 7) is 11.8. The Hall–Kier alpha value is -12.0. The van der Waals surface area contributed by atoms with Gasteiger partial charge in [-0.15, -0.1) is 0 Å². The van der Waals surface area contributed by atoms with Crippen molar-refractivity contribution in [2.24, 2.45) is 5.92 Å². The summed E-state index contributed by atoms with van der Waals surface area (Å²) in [5.74, 6) is 1.14. The van der Waals surface area contributed by atoms with Gasteiger partial charge < -0.3 is 36.1 Å². The van der Waals surface area contributed by atoms with E-state index in [1.807, 2.05) is 125 Å². The lowest BCUT2D eigenvalue weighted by Gasteiger charge is -2.36. The van der Waals surface area contributed by atoms with Gasteiger partial charge in [0.25, 0.3) is 5.91 Å². The maximum atomic E-state index is 12.4. The zero-order valence-electron chi connectivity index (χ0n) is 56.1. The van der Waals surface area contributed by atoms with Crippen LogP contribution in [0, 0.1) is 5.92 Å². The zero-order valence-corrected chi connectivity index (χ0v) is 56.1. The van der Waals surface area contributed by atoms with Crippen molar-refractivity contribution in [3.8, 4) is 33.8 Å². The number of aromatic nitrogens is 9. The van der Waals surface area contributed by atoms with Gasteiger partial charge in [0, 0.05) is 164 Å². The number of carbonyl (C=O) groups is 3. The van der Waals surface area contributed by atoms with Crippen LogP contribution in [0.3, 0.4) is 0 Å². The van der Waals surface area contributed by atoms with Crippen LogP contribution in [0.4, 0.5) is 39.8 Å². The van der Waals surface area contributed by atoms with Crippen LogP contribution in [0.5, 0.6) is 0 Å². The van der Waals surface area contributed by atoms with Crippen molar-refractivity contribution in [1.82, 2.24) is 53.3 Å². The second-order valence-corrected chi connectivity index (χ2v) is 25.1. The molecular weight excluding hydrogens is 1250 g/mol. The van der Waals surface area contributed by atoms with Gasteiger partial charge in [0.1, 0.15) is 5.78 Å². The molecule has 0 radical (unpaired) electrons. The zero-order chi connectivity index (χ0) is 68.9. The van der Waals surface area contributed by atoms with E-state index >= 15 is 0 Å². The third kappa shape index (κ3) is 15.7. The summed E-state index contributed by atoms with van der Waals surface area (Å²) in [7, 11) is 0. The van der Waals surface area contributed by atoms with Gasteiger partial charge in [-0.3, -0.25) is 47.1 Å². The fourth-order valence-electron chi connectivity index (χ4n) is 13.3. The first-order valence-electron chi connectivity index (χ1n) is 34.1. The largest absolute Gasteiger partial charge is 0.369 e. The number of anilines is 7. The third-order valence-corrected chi connectivity index (χ3v) is 18.6. The van der Waals surface area contributed by atoms with E-state index in [9.17, 15) is 24.0 Å². The lowest BCUT2D eigenvalue weighted by molar-refractivity contribution is -0.123. The summed E-state index contributed by atoms with van der Waals surface area (Å²) in [6.07, 6.45) is 23.8. The van der Waals surface area contributed by atoms with Crippen LogP contribution in [0.15, 0.2) is 241 Å². The van der Waals surface area contributed by atoms with Gasteiger partial charge >= 0.3 is 0 Å². The number of H-pyrrole nitrogens is 2. The Morgan fingerprint density at radius 2 is 1.01 bits per heavy atom. The molecule has 2 fully saturated rings. The first-order valence-corrected chi connectivity index (χ1v) is 34.1. The summed E-state index contributed by atoms with van der Waals surface area (Å²) in [6, 6.07) is 54.9. The smallest absolute Gasteiger partial charge is 0.251 e. The molecule has 15 rings (SSSR count). The minimum absolute atomic E-state index is 0.0728. The number of rotatable bonds is 19. The number of imidazole rings is 3. The van der Waals surface area contributed by atoms with Gasteiger partial charge in [-0.05, 0) is 183 Å². The second-order valence-electron chi connectivity index (χ2n) is 25.1. The molecule has 0 bridgehead atoms. The van der Waals surface area contributed by atoms with Crippen LogP contribution in [-0.4, -0.2) is 98.2 Å². The van der Waals surface area contributed by atoms with Gasteiger partial charge in [-0.2, -0.15) is 0 Å². The number of amides is 1. The molecule has 20 heteroatoms. The Morgan fingerprint density at radius 3 is 1.48 bits per heavy atom. The SMILES string of the molecule is CCC(=O)C1CCC(c2ccc(Nc3ccc(-c4cc[nH]c(=O)c4)n4ccnc34)cc2)CC1.CCCN1CCN(c2ccc(Nc3ccc(-c4ccc(C(C)=O)cc4)n4ccnc34)cc2)CC1.O=C(NCc1cccnc1)c1ccc(Nc2ccc(-c3cc[nH]c(=O)c3)n3ccnc23)cc1. The highest BCUT2D eigenvalue weighted by Gasteiger charge is 2.26. The van der Waals surface area contributed by atoms with Gasteiger partial charge in [-0.25, -0.2) is 15.0 Å². The Balaban J connectivity index is 0.000000134. The van der Waals surface area contributed by atoms with Crippen molar-refractivity contribution in [2.45, 2.75) is 71.8 Å². The van der Waals surface area contributed by atoms with E-state index in [2.05, 4.69) is 133 Å². The summed E-state index contributed by atoms with van der Waals surface area (Å²) in [5, 5.41) is 13.3. The normalized spacial score (nSPS) is 14.5. The van der Waals surface area contributed by atoms with Crippen LogP contribution in [0.2, 0.25) is 0 Å². The molecule has 100 heavy (non-hydrogen) atoms. The number of hydrogen-bond acceptors (Lipinski definition) is 14. The fraction of sp³-hybridized carbons (Fsp3) is 0.212. The monoisotopic (exact) mass is 1330 g/mol. The van der Waals surface area contributed by atoms with E-state index in [0.717, 1.165) is 148 Å². The molecule has 6 N–H and O–H groups in total. The van der Waals surface area contributed by atoms with Crippen molar-refractivity contribution in [3.63, 3.8) is 0 Å². The van der Waals surface area contributed by atoms with Crippen LogP contribution in [0.25, 0.3) is 50.7 Å². The van der Waals surface area contributed by atoms with Crippen LogP contribution >= 0.6 is 0 Å². The quantitative estimate of drug-likeness (QED) is 0.0413. The van der Waals surface area contributed by atoms with E-state index in [-0.39, 0.29) is 28.7 Å². The highest BCUT2D eigenvalue weighted by atomic mass is 16.2. The van der Waals surface area contributed by atoms with Gasteiger partial charge in [0.2, 0.25) is 11.1 Å².